The van der Waals surface area contributed by atoms with Gasteiger partial charge in [0.05, 0.1) is 13.2 Å². The highest BCUT2D eigenvalue weighted by atomic mass is 16.4. The molecule has 0 radical (unpaired) electrons. The van der Waals surface area contributed by atoms with Crippen molar-refractivity contribution < 1.29 is 39.3 Å². The maximum atomic E-state index is 12.7. The summed E-state index contributed by atoms with van der Waals surface area (Å²) in [5, 5.41) is 34.1. The summed E-state index contributed by atoms with van der Waals surface area (Å²) in [4.78, 5) is 58.5. The third kappa shape index (κ3) is 9.23. The molecular weight excluding hydrogens is 412 g/mol. The van der Waals surface area contributed by atoms with Gasteiger partial charge < -0.3 is 37.0 Å². The molecule has 0 spiro atoms. The number of hydrogen-bond acceptors (Lipinski definition) is 7. The Hall–Kier alpha value is -3.51. The van der Waals surface area contributed by atoms with Crippen LogP contribution in [0.3, 0.4) is 0 Å². The monoisotopic (exact) mass is 438 g/mol. The average Bonchev–Trinajstić information content (AvgIpc) is 2.74. The van der Waals surface area contributed by atoms with E-state index >= 15 is 0 Å². The van der Waals surface area contributed by atoms with Gasteiger partial charge in [0.15, 0.2) is 0 Å². The lowest BCUT2D eigenvalue weighted by Gasteiger charge is -2.23. The number of nitrogens with one attached hydrogen (secondary N) is 3. The Morgan fingerprint density at radius 1 is 0.871 bits per heavy atom. The van der Waals surface area contributed by atoms with E-state index < -0.39 is 60.8 Å². The van der Waals surface area contributed by atoms with Crippen molar-refractivity contribution in [2.45, 2.75) is 37.4 Å². The summed E-state index contributed by atoms with van der Waals surface area (Å²) < 4.78 is 0. The van der Waals surface area contributed by atoms with Crippen molar-refractivity contribution in [3.8, 4) is 0 Å². The number of carbonyl (C=O) groups is 5. The summed E-state index contributed by atoms with van der Waals surface area (Å²) in [6, 6.07) is 4.55. The highest BCUT2D eigenvalue weighted by molar-refractivity contribution is 5.93. The number of hydrogen-bond donors (Lipinski definition) is 7. The summed E-state index contributed by atoms with van der Waals surface area (Å²) in [6.07, 6.45) is -0.808. The standard InChI is InChI=1S/C19H26N4O8/c20-9-15(25)21-13(8-11-4-2-1-3-5-11)17(28)23-14(10-24)18(29)22-12(19(30)31)6-7-16(26)27/h1-5,12-14,24H,6-10,20H2,(H,21,25)(H,22,29)(H,23,28)(H,26,27)(H,30,31). The van der Waals surface area contributed by atoms with Gasteiger partial charge in [-0.2, -0.15) is 0 Å². The summed E-state index contributed by atoms with van der Waals surface area (Å²) in [7, 11) is 0. The second kappa shape index (κ2) is 12.9. The molecule has 12 heteroatoms. The van der Waals surface area contributed by atoms with Gasteiger partial charge in [0.2, 0.25) is 17.7 Å². The van der Waals surface area contributed by atoms with Gasteiger partial charge in [0.1, 0.15) is 18.1 Å². The molecule has 12 nitrogen and oxygen atoms in total. The zero-order valence-corrected chi connectivity index (χ0v) is 16.6. The van der Waals surface area contributed by atoms with Gasteiger partial charge in [0, 0.05) is 12.8 Å². The van der Waals surface area contributed by atoms with E-state index in [1.807, 2.05) is 0 Å². The normalized spacial score (nSPS) is 13.4. The Bertz CT molecular complexity index is 786. The number of rotatable bonds is 13. The lowest BCUT2D eigenvalue weighted by molar-refractivity contribution is -0.143. The average molecular weight is 438 g/mol. The van der Waals surface area contributed by atoms with Crippen molar-refractivity contribution >= 4 is 29.7 Å². The number of nitrogens with two attached hydrogens (primary N) is 1. The van der Waals surface area contributed by atoms with Crippen molar-refractivity contribution in [3.63, 3.8) is 0 Å². The summed E-state index contributed by atoms with van der Waals surface area (Å²) in [6.45, 7) is -1.22. The van der Waals surface area contributed by atoms with E-state index in [0.717, 1.165) is 0 Å². The number of carboxylic acids is 2. The van der Waals surface area contributed by atoms with Crippen LogP contribution in [0.2, 0.25) is 0 Å². The number of aliphatic carboxylic acids is 2. The van der Waals surface area contributed by atoms with E-state index in [0.29, 0.717) is 5.56 Å². The predicted octanol–water partition coefficient (Wildman–Crippen LogP) is -2.42. The molecule has 3 atom stereocenters. The molecule has 0 saturated heterocycles. The van der Waals surface area contributed by atoms with Crippen LogP contribution in [-0.4, -0.2) is 76.3 Å². The Kier molecular flexibility index (Phi) is 10.6. The maximum absolute atomic E-state index is 12.7. The zero-order valence-electron chi connectivity index (χ0n) is 16.6. The molecule has 3 amide bonds. The highest BCUT2D eigenvalue weighted by Gasteiger charge is 2.29. The minimum Gasteiger partial charge on any atom is -0.481 e. The van der Waals surface area contributed by atoms with Gasteiger partial charge in [-0.15, -0.1) is 0 Å². The highest BCUT2D eigenvalue weighted by Crippen LogP contribution is 2.05. The molecule has 8 N–H and O–H groups in total. The number of benzene rings is 1. The molecule has 1 rings (SSSR count). The largest absolute Gasteiger partial charge is 0.481 e. The topological polar surface area (TPSA) is 208 Å². The molecular formula is C19H26N4O8. The third-order valence-corrected chi connectivity index (χ3v) is 4.20. The van der Waals surface area contributed by atoms with Gasteiger partial charge in [0.25, 0.3) is 0 Å². The van der Waals surface area contributed by atoms with E-state index in [1.54, 1.807) is 30.3 Å². The smallest absolute Gasteiger partial charge is 0.326 e. The molecule has 1 aromatic carbocycles. The first-order valence-corrected chi connectivity index (χ1v) is 9.37. The molecule has 0 heterocycles. The molecule has 0 aliphatic rings. The number of carbonyl (C=O) groups excluding carboxylic acids is 3. The fraction of sp³-hybridized carbons (Fsp3) is 0.421. The molecule has 31 heavy (non-hydrogen) atoms. The van der Waals surface area contributed by atoms with Gasteiger partial charge in [-0.25, -0.2) is 4.79 Å². The molecule has 170 valence electrons. The summed E-state index contributed by atoms with van der Waals surface area (Å²) >= 11 is 0. The van der Waals surface area contributed by atoms with Crippen molar-refractivity contribution in [2.75, 3.05) is 13.2 Å². The Balaban J connectivity index is 2.86. The number of amides is 3. The molecule has 0 aliphatic heterocycles. The molecule has 0 aromatic heterocycles. The van der Waals surface area contributed by atoms with Gasteiger partial charge >= 0.3 is 11.9 Å². The molecule has 1 aromatic rings. The third-order valence-electron chi connectivity index (χ3n) is 4.20. The minimum absolute atomic E-state index is 0.0779. The number of aliphatic hydroxyl groups excluding tert-OH is 1. The fourth-order valence-corrected chi connectivity index (χ4v) is 2.58. The summed E-state index contributed by atoms with van der Waals surface area (Å²) in [5.74, 6) is -5.13. The van der Waals surface area contributed by atoms with Gasteiger partial charge in [-0.05, 0) is 12.0 Å². The molecule has 3 unspecified atom stereocenters. The molecule has 0 aliphatic carbocycles. The Morgan fingerprint density at radius 3 is 1.97 bits per heavy atom. The van der Waals surface area contributed by atoms with Crippen LogP contribution < -0.4 is 21.7 Å². The van der Waals surface area contributed by atoms with Gasteiger partial charge in [-0.1, -0.05) is 30.3 Å². The van der Waals surface area contributed by atoms with Crippen molar-refractivity contribution in [1.29, 1.82) is 0 Å². The van der Waals surface area contributed by atoms with E-state index in [-0.39, 0.29) is 19.4 Å². The van der Waals surface area contributed by atoms with Gasteiger partial charge in [-0.3, -0.25) is 19.2 Å². The fourth-order valence-electron chi connectivity index (χ4n) is 2.58. The van der Waals surface area contributed by atoms with Crippen LogP contribution in [0.4, 0.5) is 0 Å². The minimum atomic E-state index is -1.52. The second-order valence-electron chi connectivity index (χ2n) is 6.59. The molecule has 0 bridgehead atoms. The lowest BCUT2D eigenvalue weighted by atomic mass is 10.0. The van der Waals surface area contributed by atoms with Crippen LogP contribution in [0.25, 0.3) is 0 Å². The Labute approximate surface area is 177 Å². The van der Waals surface area contributed by atoms with Crippen LogP contribution in [-0.2, 0) is 30.4 Å². The SMILES string of the molecule is NCC(=O)NC(Cc1ccccc1)C(=O)NC(CO)C(=O)NC(CCC(=O)O)C(=O)O. The lowest BCUT2D eigenvalue weighted by Crippen LogP contribution is -2.57. The molecule has 0 saturated carbocycles. The number of aliphatic hydroxyl groups is 1. The first kappa shape index (κ1) is 25.5. The van der Waals surface area contributed by atoms with Crippen molar-refractivity contribution in [2.24, 2.45) is 5.73 Å². The van der Waals surface area contributed by atoms with E-state index in [1.165, 1.54) is 0 Å². The maximum Gasteiger partial charge on any atom is 0.326 e. The number of carboxylic acid groups (broad SMARTS) is 2. The first-order valence-electron chi connectivity index (χ1n) is 9.37. The zero-order chi connectivity index (χ0) is 23.4. The van der Waals surface area contributed by atoms with E-state index in [4.69, 9.17) is 15.9 Å². The first-order chi connectivity index (χ1) is 14.7. The van der Waals surface area contributed by atoms with Crippen molar-refractivity contribution in [1.82, 2.24) is 16.0 Å². The second-order valence-corrected chi connectivity index (χ2v) is 6.59. The van der Waals surface area contributed by atoms with E-state index in [9.17, 15) is 29.1 Å². The van der Waals surface area contributed by atoms with Crippen molar-refractivity contribution in [3.05, 3.63) is 35.9 Å². The molecule has 0 fully saturated rings. The van der Waals surface area contributed by atoms with Crippen LogP contribution in [0.15, 0.2) is 30.3 Å². The van der Waals surface area contributed by atoms with E-state index in [2.05, 4.69) is 16.0 Å². The quantitative estimate of drug-likeness (QED) is 0.175. The predicted molar refractivity (Wildman–Crippen MR) is 107 cm³/mol. The Morgan fingerprint density at radius 2 is 1.45 bits per heavy atom. The van der Waals surface area contributed by atoms with Crippen LogP contribution in [0, 0.1) is 0 Å². The van der Waals surface area contributed by atoms with Crippen LogP contribution >= 0.6 is 0 Å². The van der Waals surface area contributed by atoms with Crippen LogP contribution in [0.1, 0.15) is 18.4 Å². The summed E-state index contributed by atoms with van der Waals surface area (Å²) in [5.41, 5.74) is 5.99. The van der Waals surface area contributed by atoms with Crippen LogP contribution in [0.5, 0.6) is 0 Å².